The van der Waals surface area contributed by atoms with Gasteiger partial charge in [0.15, 0.2) is 0 Å². The summed E-state index contributed by atoms with van der Waals surface area (Å²) in [7, 11) is 0. The molecule has 0 bridgehead atoms. The third-order valence-electron chi connectivity index (χ3n) is 3.45. The predicted molar refractivity (Wildman–Crippen MR) is 91.9 cm³/mol. The van der Waals surface area contributed by atoms with Crippen molar-refractivity contribution in [2.45, 2.75) is 84.0 Å². The van der Waals surface area contributed by atoms with Crippen LogP contribution in [-0.2, 0) is 0 Å². The van der Waals surface area contributed by atoms with Gasteiger partial charge in [0.25, 0.3) is 0 Å². The molecule has 0 aromatic rings. The smallest absolute Gasteiger partial charge is 0.0755 e. The lowest BCUT2D eigenvalue weighted by molar-refractivity contribution is 0.551. The molecule has 1 N–H and O–H groups in total. The maximum Gasteiger partial charge on any atom is 0.0755 e. The van der Waals surface area contributed by atoms with E-state index in [1.807, 2.05) is 6.08 Å². The molecule has 0 spiro atoms. The Kier molecular flexibility index (Phi) is 15.4. The van der Waals surface area contributed by atoms with E-state index >= 15 is 0 Å². The van der Waals surface area contributed by atoms with Crippen molar-refractivity contribution in [3.05, 3.63) is 12.7 Å². The minimum Gasteiger partial charge on any atom is -0.376 e. The highest BCUT2D eigenvalue weighted by Crippen LogP contribution is 2.11. The molecule has 0 rings (SSSR count). The zero-order valence-electron chi connectivity index (χ0n) is 12.9. The van der Waals surface area contributed by atoms with Gasteiger partial charge in [-0.25, -0.2) is 0 Å². The van der Waals surface area contributed by atoms with E-state index in [-0.39, 0.29) is 0 Å². The second-order valence-electron chi connectivity index (χ2n) is 5.38. The lowest BCUT2D eigenvalue weighted by Crippen LogP contribution is -2.20. The molecule has 0 atom stereocenters. The molecule has 0 aromatic carbocycles. The van der Waals surface area contributed by atoms with Crippen molar-refractivity contribution in [1.29, 1.82) is 0 Å². The molecule has 0 saturated carbocycles. The third kappa shape index (κ3) is 15.6. The molecular weight excluding hydrogens is 250 g/mol. The van der Waals surface area contributed by atoms with Gasteiger partial charge >= 0.3 is 0 Å². The van der Waals surface area contributed by atoms with Crippen LogP contribution in [0.15, 0.2) is 12.7 Å². The van der Waals surface area contributed by atoms with Crippen LogP contribution >= 0.6 is 12.2 Å². The summed E-state index contributed by atoms with van der Waals surface area (Å²) in [4.78, 5) is 0.996. The van der Waals surface area contributed by atoms with Gasteiger partial charge in [0.05, 0.1) is 4.99 Å². The summed E-state index contributed by atoms with van der Waals surface area (Å²) in [5.41, 5.74) is 0. The van der Waals surface area contributed by atoms with E-state index in [4.69, 9.17) is 12.2 Å². The van der Waals surface area contributed by atoms with E-state index in [2.05, 4.69) is 18.8 Å². The monoisotopic (exact) mass is 283 g/mol. The first-order chi connectivity index (χ1) is 9.31. The van der Waals surface area contributed by atoms with Gasteiger partial charge in [-0.2, -0.15) is 0 Å². The van der Waals surface area contributed by atoms with E-state index in [9.17, 15) is 0 Å². The Bertz CT molecular complexity index is 213. The summed E-state index contributed by atoms with van der Waals surface area (Å²) in [5, 5.41) is 3.18. The zero-order valence-corrected chi connectivity index (χ0v) is 13.7. The van der Waals surface area contributed by atoms with Crippen LogP contribution in [0.1, 0.15) is 84.0 Å². The molecule has 0 heterocycles. The normalized spacial score (nSPS) is 10.4. The quantitative estimate of drug-likeness (QED) is 0.246. The summed E-state index contributed by atoms with van der Waals surface area (Å²) in [6, 6.07) is 0. The van der Waals surface area contributed by atoms with Crippen molar-refractivity contribution in [2.75, 3.05) is 6.54 Å². The summed E-state index contributed by atoms with van der Waals surface area (Å²) < 4.78 is 0. The second kappa shape index (κ2) is 15.7. The summed E-state index contributed by atoms with van der Waals surface area (Å²) >= 11 is 5.23. The van der Waals surface area contributed by atoms with Crippen LogP contribution in [0.3, 0.4) is 0 Å². The number of unbranched alkanes of at least 4 members (excludes halogenated alkanes) is 10. The molecule has 1 nitrogen and oxygen atoms in total. The largest absolute Gasteiger partial charge is 0.376 e. The summed E-state index contributed by atoms with van der Waals surface area (Å²) in [6.45, 7) is 6.75. The molecule has 0 fully saturated rings. The molecule has 0 radical (unpaired) electrons. The topological polar surface area (TPSA) is 12.0 Å². The molecule has 19 heavy (non-hydrogen) atoms. The van der Waals surface area contributed by atoms with Crippen molar-refractivity contribution in [2.24, 2.45) is 0 Å². The fourth-order valence-electron chi connectivity index (χ4n) is 2.22. The third-order valence-corrected chi connectivity index (χ3v) is 3.80. The number of rotatable bonds is 14. The highest BCUT2D eigenvalue weighted by molar-refractivity contribution is 7.80. The van der Waals surface area contributed by atoms with Crippen LogP contribution < -0.4 is 5.32 Å². The van der Waals surface area contributed by atoms with E-state index in [1.54, 1.807) is 0 Å². The van der Waals surface area contributed by atoms with Gasteiger partial charge in [-0.3, -0.25) is 0 Å². The lowest BCUT2D eigenvalue weighted by atomic mass is 10.1. The average molecular weight is 284 g/mol. The highest BCUT2D eigenvalue weighted by atomic mass is 32.1. The van der Waals surface area contributed by atoms with Crippen LogP contribution in [0, 0.1) is 0 Å². The first kappa shape index (κ1) is 18.6. The van der Waals surface area contributed by atoms with Gasteiger partial charge in [0.1, 0.15) is 0 Å². The summed E-state index contributed by atoms with van der Waals surface area (Å²) in [6.07, 6.45) is 18.2. The zero-order chi connectivity index (χ0) is 14.2. The Morgan fingerprint density at radius 1 is 0.895 bits per heavy atom. The van der Waals surface area contributed by atoms with Crippen molar-refractivity contribution in [3.8, 4) is 0 Å². The van der Waals surface area contributed by atoms with Gasteiger partial charge in [-0.1, -0.05) is 89.4 Å². The van der Waals surface area contributed by atoms with Gasteiger partial charge in [0.2, 0.25) is 0 Å². The average Bonchev–Trinajstić information content (AvgIpc) is 2.42. The number of nitrogens with one attached hydrogen (secondary N) is 1. The van der Waals surface area contributed by atoms with Crippen molar-refractivity contribution in [3.63, 3.8) is 0 Å². The minimum atomic E-state index is 0.802. The second-order valence-corrected chi connectivity index (χ2v) is 5.87. The fraction of sp³-hybridized carbons (Fsp3) is 0.824. The first-order valence-electron chi connectivity index (χ1n) is 8.18. The van der Waals surface area contributed by atoms with Gasteiger partial charge in [0, 0.05) is 6.54 Å². The molecule has 0 aliphatic carbocycles. The Balaban J connectivity index is 3.06. The van der Waals surface area contributed by atoms with Crippen LogP contribution in [0.4, 0.5) is 0 Å². The molecule has 0 saturated heterocycles. The van der Waals surface area contributed by atoms with Crippen molar-refractivity contribution in [1.82, 2.24) is 5.32 Å². The predicted octanol–water partition coefficient (Wildman–Crippen LogP) is 5.79. The molecule has 0 aliphatic rings. The summed E-state index contributed by atoms with van der Waals surface area (Å²) in [5.74, 6) is 0. The Hall–Kier alpha value is -0.370. The molecule has 2 heteroatoms. The maximum atomic E-state index is 5.23. The molecule has 0 aromatic heterocycles. The molecule has 0 unspecified atom stereocenters. The van der Waals surface area contributed by atoms with Crippen LogP contribution in [0.5, 0.6) is 0 Å². The van der Waals surface area contributed by atoms with Gasteiger partial charge in [-0.15, -0.1) is 6.58 Å². The Labute approximate surface area is 126 Å². The van der Waals surface area contributed by atoms with Crippen LogP contribution in [-0.4, -0.2) is 11.5 Å². The number of hydrogen-bond donors (Lipinski definition) is 1. The Morgan fingerprint density at radius 3 is 1.84 bits per heavy atom. The van der Waals surface area contributed by atoms with Gasteiger partial charge in [-0.05, 0) is 12.8 Å². The minimum absolute atomic E-state index is 0.802. The van der Waals surface area contributed by atoms with Crippen LogP contribution in [0.2, 0.25) is 0 Å². The number of thiocarbonyl (C=S) groups is 1. The fourth-order valence-corrected chi connectivity index (χ4v) is 2.45. The number of hydrogen-bond acceptors (Lipinski definition) is 1. The molecule has 0 aliphatic heterocycles. The van der Waals surface area contributed by atoms with Gasteiger partial charge < -0.3 is 5.32 Å². The van der Waals surface area contributed by atoms with Crippen molar-refractivity contribution >= 4 is 17.2 Å². The SMILES string of the molecule is C=CCNC(=S)CCCCCCCCCCCCC. The maximum absolute atomic E-state index is 5.23. The standard InChI is InChI=1S/C17H33NS/c1-3-5-6-7-8-9-10-11-12-13-14-15-17(19)18-16-4-2/h4H,2-3,5-16H2,1H3,(H,18,19). The van der Waals surface area contributed by atoms with Crippen molar-refractivity contribution < 1.29 is 0 Å². The Morgan fingerprint density at radius 2 is 1.37 bits per heavy atom. The highest BCUT2D eigenvalue weighted by Gasteiger charge is 1.96. The molecular formula is C17H33NS. The van der Waals surface area contributed by atoms with Crippen LogP contribution in [0.25, 0.3) is 0 Å². The molecule has 0 amide bonds. The lowest BCUT2D eigenvalue weighted by Gasteiger charge is -2.05. The van der Waals surface area contributed by atoms with E-state index in [0.29, 0.717) is 0 Å². The van der Waals surface area contributed by atoms with E-state index < -0.39 is 0 Å². The van der Waals surface area contributed by atoms with E-state index in [1.165, 1.54) is 70.6 Å². The first-order valence-corrected chi connectivity index (χ1v) is 8.59. The van der Waals surface area contributed by atoms with E-state index in [0.717, 1.165) is 18.0 Å². The molecule has 112 valence electrons.